The molecule has 0 unspecified atom stereocenters. The average Bonchev–Trinajstić information content (AvgIpc) is 2.95. The number of imidazole rings is 1. The molecule has 5 heteroatoms. The Kier molecular flexibility index (Phi) is 2.74. The minimum Gasteiger partial charge on any atom is -0.367 e. The van der Waals surface area contributed by atoms with Gasteiger partial charge in [0.1, 0.15) is 11.5 Å². The van der Waals surface area contributed by atoms with Crippen molar-refractivity contribution in [2.24, 2.45) is 7.05 Å². The van der Waals surface area contributed by atoms with Gasteiger partial charge in [0.2, 0.25) is 0 Å². The molecule has 3 rings (SSSR count). The maximum Gasteiger partial charge on any atom is 0.138 e. The van der Waals surface area contributed by atoms with Gasteiger partial charge in [-0.15, -0.1) is 0 Å². The fraction of sp³-hybridized carbons (Fsp3) is 0.286. The normalized spacial score (nSPS) is 11.1. The van der Waals surface area contributed by atoms with E-state index in [9.17, 15) is 0 Å². The summed E-state index contributed by atoms with van der Waals surface area (Å²) in [5.41, 5.74) is 4.47. The lowest BCUT2D eigenvalue weighted by Crippen LogP contribution is -2.05. The van der Waals surface area contributed by atoms with Gasteiger partial charge in [-0.1, -0.05) is 6.07 Å². The van der Waals surface area contributed by atoms with Crippen LogP contribution >= 0.6 is 0 Å². The van der Waals surface area contributed by atoms with E-state index < -0.39 is 0 Å². The van der Waals surface area contributed by atoms with Crippen LogP contribution in [-0.4, -0.2) is 19.2 Å². The molecule has 0 spiro atoms. The van der Waals surface area contributed by atoms with Crippen LogP contribution in [0.15, 0.2) is 30.6 Å². The summed E-state index contributed by atoms with van der Waals surface area (Å²) in [5.74, 6) is 1.04. The second-order valence-corrected chi connectivity index (χ2v) is 4.69. The number of rotatable bonds is 3. The van der Waals surface area contributed by atoms with Crippen molar-refractivity contribution >= 4 is 11.5 Å². The van der Waals surface area contributed by atoms with Gasteiger partial charge in [0.25, 0.3) is 0 Å². The zero-order valence-electron chi connectivity index (χ0n) is 11.4. The van der Waals surface area contributed by atoms with Gasteiger partial charge in [-0.3, -0.25) is 9.08 Å². The second-order valence-electron chi connectivity index (χ2n) is 4.69. The molecule has 0 amide bonds. The zero-order chi connectivity index (χ0) is 13.4. The Labute approximate surface area is 111 Å². The molecular formula is C14H17N5. The molecule has 0 radical (unpaired) electrons. The predicted molar refractivity (Wildman–Crippen MR) is 75.2 cm³/mol. The first-order chi connectivity index (χ1) is 9.16. The topological polar surface area (TPSA) is 47.2 Å². The smallest absolute Gasteiger partial charge is 0.138 e. The Hall–Kier alpha value is -2.30. The Morgan fingerprint density at radius 3 is 2.84 bits per heavy atom. The minimum absolute atomic E-state index is 0.767. The van der Waals surface area contributed by atoms with Crippen molar-refractivity contribution in [1.82, 2.24) is 19.2 Å². The molecule has 19 heavy (non-hydrogen) atoms. The zero-order valence-corrected chi connectivity index (χ0v) is 11.4. The molecule has 0 aliphatic carbocycles. The first-order valence-corrected chi connectivity index (χ1v) is 6.32. The fourth-order valence-electron chi connectivity index (χ4n) is 2.34. The lowest BCUT2D eigenvalue weighted by Gasteiger charge is -2.09. The number of anilines is 1. The van der Waals surface area contributed by atoms with Gasteiger partial charge in [0.15, 0.2) is 0 Å². The molecule has 0 fully saturated rings. The number of pyridine rings is 1. The van der Waals surface area contributed by atoms with Gasteiger partial charge in [-0.05, 0) is 26.0 Å². The summed E-state index contributed by atoms with van der Waals surface area (Å²) >= 11 is 0. The third-order valence-electron chi connectivity index (χ3n) is 3.53. The van der Waals surface area contributed by atoms with Crippen LogP contribution in [-0.2, 0) is 13.6 Å². The molecule has 0 aliphatic heterocycles. The standard InChI is InChI=1S/C14H17N5/c1-10-12(11(2)18(3)17-10)9-16-14-6-4-5-13-15-7-8-19(13)14/h4-8,16H,9H2,1-3H3. The van der Waals surface area contributed by atoms with Crippen LogP contribution in [0, 0.1) is 13.8 Å². The van der Waals surface area contributed by atoms with E-state index in [4.69, 9.17) is 0 Å². The summed E-state index contributed by atoms with van der Waals surface area (Å²) in [7, 11) is 1.97. The molecule has 1 N–H and O–H groups in total. The van der Waals surface area contributed by atoms with Gasteiger partial charge >= 0.3 is 0 Å². The fourth-order valence-corrected chi connectivity index (χ4v) is 2.34. The first kappa shape index (κ1) is 11.8. The van der Waals surface area contributed by atoms with E-state index in [1.165, 1.54) is 11.3 Å². The molecule has 0 saturated heterocycles. The highest BCUT2D eigenvalue weighted by atomic mass is 15.3. The highest BCUT2D eigenvalue weighted by Gasteiger charge is 2.09. The van der Waals surface area contributed by atoms with Crippen LogP contribution in [0.25, 0.3) is 5.65 Å². The largest absolute Gasteiger partial charge is 0.367 e. The van der Waals surface area contributed by atoms with E-state index >= 15 is 0 Å². The number of fused-ring (bicyclic) bond motifs is 1. The van der Waals surface area contributed by atoms with E-state index in [-0.39, 0.29) is 0 Å². The Balaban J connectivity index is 1.88. The molecule has 0 atom stereocenters. The van der Waals surface area contributed by atoms with Crippen molar-refractivity contribution in [3.05, 3.63) is 47.5 Å². The van der Waals surface area contributed by atoms with Crippen LogP contribution in [0.2, 0.25) is 0 Å². The molecule has 3 aromatic heterocycles. The van der Waals surface area contributed by atoms with Crippen molar-refractivity contribution in [2.45, 2.75) is 20.4 Å². The van der Waals surface area contributed by atoms with Crippen molar-refractivity contribution < 1.29 is 0 Å². The van der Waals surface area contributed by atoms with E-state index in [0.29, 0.717) is 0 Å². The summed E-state index contributed by atoms with van der Waals surface area (Å²) in [6.07, 6.45) is 3.77. The Bertz CT molecular complexity index is 723. The molecule has 0 aromatic carbocycles. The van der Waals surface area contributed by atoms with Crippen LogP contribution in [0.5, 0.6) is 0 Å². The van der Waals surface area contributed by atoms with Crippen LogP contribution in [0.3, 0.4) is 0 Å². The summed E-state index contributed by atoms with van der Waals surface area (Å²) in [6, 6.07) is 6.05. The van der Waals surface area contributed by atoms with Crippen molar-refractivity contribution in [2.75, 3.05) is 5.32 Å². The highest BCUT2D eigenvalue weighted by Crippen LogP contribution is 2.16. The molecule has 0 saturated carbocycles. The summed E-state index contributed by atoms with van der Waals surface area (Å²) in [4.78, 5) is 4.28. The first-order valence-electron chi connectivity index (χ1n) is 6.32. The second kappa shape index (κ2) is 4.42. The van der Waals surface area contributed by atoms with Crippen LogP contribution < -0.4 is 5.32 Å². The third-order valence-corrected chi connectivity index (χ3v) is 3.53. The van der Waals surface area contributed by atoms with E-state index in [0.717, 1.165) is 23.7 Å². The van der Waals surface area contributed by atoms with Gasteiger partial charge in [-0.25, -0.2) is 4.98 Å². The maximum atomic E-state index is 4.43. The lowest BCUT2D eigenvalue weighted by atomic mass is 10.2. The number of nitrogens with zero attached hydrogens (tertiary/aromatic N) is 4. The third kappa shape index (κ3) is 1.97. The molecule has 98 valence electrons. The van der Waals surface area contributed by atoms with Crippen LogP contribution in [0.4, 0.5) is 5.82 Å². The van der Waals surface area contributed by atoms with Crippen molar-refractivity contribution in [3.8, 4) is 0 Å². The van der Waals surface area contributed by atoms with E-state index in [1.54, 1.807) is 6.20 Å². The predicted octanol–water partition coefficient (Wildman–Crippen LogP) is 2.30. The summed E-state index contributed by atoms with van der Waals surface area (Å²) in [6.45, 7) is 4.90. The van der Waals surface area contributed by atoms with E-state index in [1.807, 2.05) is 41.4 Å². The van der Waals surface area contributed by atoms with Gasteiger partial charge in [0, 0.05) is 37.2 Å². The van der Waals surface area contributed by atoms with Gasteiger partial charge in [-0.2, -0.15) is 5.10 Å². The molecule has 5 nitrogen and oxygen atoms in total. The molecule has 0 aliphatic rings. The monoisotopic (exact) mass is 255 g/mol. The highest BCUT2D eigenvalue weighted by molar-refractivity contribution is 5.50. The lowest BCUT2D eigenvalue weighted by molar-refractivity contribution is 0.730. The number of aromatic nitrogens is 4. The quantitative estimate of drug-likeness (QED) is 0.781. The van der Waals surface area contributed by atoms with Gasteiger partial charge in [0.05, 0.1) is 5.69 Å². The molecule has 0 bridgehead atoms. The summed E-state index contributed by atoms with van der Waals surface area (Å²) in [5, 5.41) is 7.89. The molecule has 3 aromatic rings. The van der Waals surface area contributed by atoms with Crippen LogP contribution in [0.1, 0.15) is 17.0 Å². The molecule has 3 heterocycles. The number of hydrogen-bond donors (Lipinski definition) is 1. The Morgan fingerprint density at radius 2 is 2.11 bits per heavy atom. The van der Waals surface area contributed by atoms with E-state index in [2.05, 4.69) is 28.4 Å². The average molecular weight is 255 g/mol. The van der Waals surface area contributed by atoms with Gasteiger partial charge < -0.3 is 5.32 Å². The minimum atomic E-state index is 0.767. The summed E-state index contributed by atoms with van der Waals surface area (Å²) < 4.78 is 3.96. The number of nitrogens with one attached hydrogen (secondary N) is 1. The number of aryl methyl sites for hydroxylation is 2. The maximum absolute atomic E-state index is 4.43. The van der Waals surface area contributed by atoms with Crippen molar-refractivity contribution in [1.29, 1.82) is 0 Å². The Morgan fingerprint density at radius 1 is 1.26 bits per heavy atom. The van der Waals surface area contributed by atoms with Crippen molar-refractivity contribution in [3.63, 3.8) is 0 Å². The number of hydrogen-bond acceptors (Lipinski definition) is 3. The SMILES string of the molecule is Cc1nn(C)c(C)c1CNc1cccc2nccn12. The molecular weight excluding hydrogens is 238 g/mol.